The Labute approximate surface area is 91.0 Å². The van der Waals surface area contributed by atoms with Gasteiger partial charge in [-0.1, -0.05) is 13.8 Å². The molecule has 0 saturated carbocycles. The van der Waals surface area contributed by atoms with Crippen LogP contribution in [0.25, 0.3) is 5.41 Å². The minimum absolute atomic E-state index is 0. The monoisotopic (exact) mass is 218 g/mol. The van der Waals surface area contributed by atoms with Crippen LogP contribution in [-0.2, 0) is 16.5 Å². The van der Waals surface area contributed by atoms with Crippen LogP contribution in [0.15, 0.2) is 18.2 Å². The molecule has 0 N–H and O–H groups in total. The Bertz CT molecular complexity index is 256. The topological polar surface area (TPSA) is 22.3 Å². The molecule has 2 heteroatoms. The van der Waals surface area contributed by atoms with E-state index in [1.54, 1.807) is 0 Å². The van der Waals surface area contributed by atoms with Crippen LogP contribution in [-0.4, -0.2) is 6.21 Å². The average Bonchev–Trinajstić information content (AvgIpc) is 2.05. The second-order valence-electron chi connectivity index (χ2n) is 2.85. The molecule has 0 unspecified atom stereocenters. The summed E-state index contributed by atoms with van der Waals surface area (Å²) in [6.45, 7) is 4.21. The van der Waals surface area contributed by atoms with Crippen molar-refractivity contribution in [2.75, 3.05) is 0 Å². The van der Waals surface area contributed by atoms with Crippen LogP contribution < -0.4 is 0 Å². The molecule has 0 atom stereocenters. The number of nitrogens with zero attached hydrogens (tertiary/aromatic N) is 1. The zero-order valence-electron chi connectivity index (χ0n) is 8.15. The minimum atomic E-state index is 0. The Hall–Kier alpha value is -0.616. The van der Waals surface area contributed by atoms with Crippen molar-refractivity contribution in [3.63, 3.8) is 0 Å². The quantitative estimate of drug-likeness (QED) is 0.414. The maximum Gasteiger partial charge on any atom is 3.00 e. The Morgan fingerprint density at radius 1 is 1.38 bits per heavy atom. The Morgan fingerprint density at radius 2 is 2.00 bits per heavy atom. The van der Waals surface area contributed by atoms with E-state index in [9.17, 15) is 0 Å². The fraction of sp³-hybridized carbons (Fsp3) is 0.273. The van der Waals surface area contributed by atoms with Crippen LogP contribution in [0.5, 0.6) is 0 Å². The molecular weight excluding hydrogens is 205 g/mol. The van der Waals surface area contributed by atoms with Gasteiger partial charge in [-0.05, 0) is 5.92 Å². The van der Waals surface area contributed by atoms with Gasteiger partial charge in [-0.25, -0.2) is 0 Å². The summed E-state index contributed by atoms with van der Waals surface area (Å²) in [6, 6.07) is 8.85. The second-order valence-corrected chi connectivity index (χ2v) is 2.85. The molecule has 1 aromatic rings. The SMILES string of the molecule is CC(C)c1[c-]c(C=[N-])ccc1.[CH3-].[Ni+3]. The standard InChI is InChI=1S/C10H11N.CH3.Ni/c1-8(2)10-5-3-4-9(6-10)7-11;;/h3-5,7-8H,1-2H3;1H3;/q-2;-1;+3. The summed E-state index contributed by atoms with van der Waals surface area (Å²) in [5.74, 6) is 0.467. The van der Waals surface area contributed by atoms with E-state index in [4.69, 9.17) is 5.41 Å². The largest absolute Gasteiger partial charge is 3.00 e. The second kappa shape index (κ2) is 6.85. The van der Waals surface area contributed by atoms with Gasteiger partial charge in [-0.15, -0.1) is 29.8 Å². The van der Waals surface area contributed by atoms with Gasteiger partial charge in [-0.3, -0.25) is 6.21 Å². The van der Waals surface area contributed by atoms with E-state index < -0.39 is 0 Å². The van der Waals surface area contributed by atoms with E-state index in [0.717, 1.165) is 17.3 Å². The third-order valence-electron chi connectivity index (χ3n) is 1.60. The van der Waals surface area contributed by atoms with E-state index in [2.05, 4.69) is 19.9 Å². The zero-order valence-corrected chi connectivity index (χ0v) is 9.14. The van der Waals surface area contributed by atoms with Crippen molar-refractivity contribution >= 4 is 6.21 Å². The Morgan fingerprint density at radius 3 is 2.46 bits per heavy atom. The summed E-state index contributed by atoms with van der Waals surface area (Å²) in [6.07, 6.45) is 1.08. The molecule has 0 spiro atoms. The van der Waals surface area contributed by atoms with Gasteiger partial charge in [0.1, 0.15) is 0 Å². The molecule has 0 bridgehead atoms. The van der Waals surface area contributed by atoms with E-state index in [-0.39, 0.29) is 23.9 Å². The first-order valence-corrected chi connectivity index (χ1v) is 3.73. The third kappa shape index (κ3) is 4.24. The maximum atomic E-state index is 8.69. The van der Waals surface area contributed by atoms with Gasteiger partial charge in [0, 0.05) is 0 Å². The Balaban J connectivity index is 0. The van der Waals surface area contributed by atoms with Crippen molar-refractivity contribution in [3.05, 3.63) is 48.2 Å². The summed E-state index contributed by atoms with van der Waals surface area (Å²) < 4.78 is 0. The van der Waals surface area contributed by atoms with Crippen LogP contribution in [0.2, 0.25) is 0 Å². The fourth-order valence-electron chi connectivity index (χ4n) is 0.918. The molecule has 1 aromatic carbocycles. The molecule has 1 radical (unpaired) electrons. The molecular formula is C11H14NNi. The van der Waals surface area contributed by atoms with Crippen molar-refractivity contribution in [1.82, 2.24) is 0 Å². The van der Waals surface area contributed by atoms with Crippen molar-refractivity contribution in [2.45, 2.75) is 19.8 Å². The van der Waals surface area contributed by atoms with Crippen LogP contribution in [0, 0.1) is 13.5 Å². The molecule has 0 aliphatic heterocycles. The van der Waals surface area contributed by atoms with Gasteiger partial charge < -0.3 is 12.8 Å². The molecule has 0 amide bonds. The molecule has 0 aliphatic carbocycles. The normalized spacial score (nSPS) is 8.54. The predicted molar refractivity (Wildman–Crippen MR) is 54.3 cm³/mol. The maximum absolute atomic E-state index is 8.69. The average molecular weight is 219 g/mol. The smallest absolute Gasteiger partial charge is 0.862 e. The number of hydrogen-bond acceptors (Lipinski definition) is 0. The van der Waals surface area contributed by atoms with Gasteiger partial charge in [-0.2, -0.15) is 5.56 Å². The van der Waals surface area contributed by atoms with Crippen LogP contribution in [0.1, 0.15) is 30.9 Å². The van der Waals surface area contributed by atoms with Crippen LogP contribution in [0.3, 0.4) is 0 Å². The summed E-state index contributed by atoms with van der Waals surface area (Å²) >= 11 is 0. The van der Waals surface area contributed by atoms with Gasteiger partial charge >= 0.3 is 16.5 Å². The zero-order chi connectivity index (χ0) is 8.27. The van der Waals surface area contributed by atoms with E-state index in [1.165, 1.54) is 0 Å². The first-order valence-electron chi connectivity index (χ1n) is 3.73. The number of benzene rings is 1. The van der Waals surface area contributed by atoms with Gasteiger partial charge in [0.25, 0.3) is 0 Å². The number of rotatable bonds is 2. The molecule has 0 fully saturated rings. The Kier molecular flexibility index (Phi) is 7.84. The molecule has 0 aliphatic rings. The molecule has 0 saturated heterocycles. The first-order chi connectivity index (χ1) is 5.24. The van der Waals surface area contributed by atoms with Gasteiger partial charge in [0.2, 0.25) is 0 Å². The number of hydrogen-bond donors (Lipinski definition) is 0. The summed E-state index contributed by atoms with van der Waals surface area (Å²) in [5.41, 5.74) is 1.88. The predicted octanol–water partition coefficient (Wildman–Crippen LogP) is 3.05. The van der Waals surface area contributed by atoms with Gasteiger partial charge in [0.05, 0.1) is 0 Å². The molecule has 1 rings (SSSR count). The molecule has 13 heavy (non-hydrogen) atoms. The van der Waals surface area contributed by atoms with Crippen LogP contribution >= 0.6 is 0 Å². The fourth-order valence-corrected chi connectivity index (χ4v) is 0.918. The van der Waals surface area contributed by atoms with Crippen molar-refractivity contribution in [3.8, 4) is 0 Å². The van der Waals surface area contributed by atoms with Crippen LogP contribution in [0.4, 0.5) is 0 Å². The van der Waals surface area contributed by atoms with Crippen molar-refractivity contribution in [1.29, 1.82) is 0 Å². The summed E-state index contributed by atoms with van der Waals surface area (Å²) in [5, 5.41) is 8.69. The van der Waals surface area contributed by atoms with Crippen molar-refractivity contribution in [2.24, 2.45) is 0 Å². The van der Waals surface area contributed by atoms with E-state index in [1.807, 2.05) is 18.2 Å². The van der Waals surface area contributed by atoms with E-state index in [0.29, 0.717) is 5.92 Å². The van der Waals surface area contributed by atoms with E-state index >= 15 is 0 Å². The van der Waals surface area contributed by atoms with Crippen molar-refractivity contribution < 1.29 is 16.5 Å². The molecule has 0 heterocycles. The summed E-state index contributed by atoms with van der Waals surface area (Å²) in [4.78, 5) is 0. The third-order valence-corrected chi connectivity index (χ3v) is 1.60. The molecule has 1 nitrogen and oxygen atoms in total. The summed E-state index contributed by atoms with van der Waals surface area (Å²) in [7, 11) is 0. The minimum Gasteiger partial charge on any atom is -0.862 e. The molecule has 73 valence electrons. The molecule has 0 aromatic heterocycles. The van der Waals surface area contributed by atoms with Gasteiger partial charge in [0.15, 0.2) is 0 Å². The first kappa shape index (κ1) is 14.9.